The van der Waals surface area contributed by atoms with Gasteiger partial charge in [0.25, 0.3) is 0 Å². The van der Waals surface area contributed by atoms with Crippen molar-refractivity contribution >= 4 is 5.84 Å². The maximum atomic E-state index is 13.7. The summed E-state index contributed by atoms with van der Waals surface area (Å²) in [7, 11) is 0. The van der Waals surface area contributed by atoms with Crippen molar-refractivity contribution in [2.45, 2.75) is 25.7 Å². The summed E-state index contributed by atoms with van der Waals surface area (Å²) >= 11 is 0. The first-order valence-electron chi connectivity index (χ1n) is 5.62. The number of benzene rings is 1. The lowest BCUT2D eigenvalue weighted by molar-refractivity contribution is 0.496. The van der Waals surface area contributed by atoms with Gasteiger partial charge in [0.15, 0.2) is 0 Å². The van der Waals surface area contributed by atoms with Crippen LogP contribution >= 0.6 is 0 Å². The molecule has 0 saturated carbocycles. The molecule has 1 N–H and O–H groups in total. The average molecular weight is 220 g/mol. The van der Waals surface area contributed by atoms with Gasteiger partial charge in [-0.25, -0.2) is 4.39 Å². The summed E-state index contributed by atoms with van der Waals surface area (Å²) in [6.07, 6.45) is 0.758. The Balaban J connectivity index is 2.21. The lowest BCUT2D eigenvalue weighted by Crippen LogP contribution is -2.29. The minimum Gasteiger partial charge on any atom is -0.372 e. The number of hydrogen-bond donors (Lipinski definition) is 1. The van der Waals surface area contributed by atoms with E-state index >= 15 is 0 Å². The van der Waals surface area contributed by atoms with E-state index in [2.05, 4.69) is 10.3 Å². The van der Waals surface area contributed by atoms with Crippen LogP contribution in [0.2, 0.25) is 0 Å². The van der Waals surface area contributed by atoms with Crippen molar-refractivity contribution in [2.75, 3.05) is 13.1 Å². The minimum atomic E-state index is -0.221. The smallest absolute Gasteiger partial charge is 0.126 e. The standard InChI is InChI=1S/C13H17FN2/c1-13(2,9-12-15-7-8-16-12)10-5-3-4-6-11(10)14/h3-6H,7-9H2,1-2H3,(H,15,16). The summed E-state index contributed by atoms with van der Waals surface area (Å²) in [5.41, 5.74) is 0.535. The fourth-order valence-corrected chi connectivity index (χ4v) is 2.09. The number of aliphatic imine (C=N–C) groups is 1. The molecule has 3 heteroatoms. The molecule has 2 nitrogen and oxygen atoms in total. The van der Waals surface area contributed by atoms with E-state index in [9.17, 15) is 4.39 Å². The van der Waals surface area contributed by atoms with E-state index in [1.165, 1.54) is 6.07 Å². The van der Waals surface area contributed by atoms with Crippen LogP contribution in [-0.2, 0) is 5.41 Å². The van der Waals surface area contributed by atoms with Crippen LogP contribution in [0.25, 0.3) is 0 Å². The number of amidine groups is 1. The summed E-state index contributed by atoms with van der Waals surface area (Å²) in [4.78, 5) is 4.36. The van der Waals surface area contributed by atoms with Crippen LogP contribution in [0, 0.1) is 5.82 Å². The maximum absolute atomic E-state index is 13.7. The number of rotatable bonds is 3. The quantitative estimate of drug-likeness (QED) is 0.831. The Labute approximate surface area is 95.6 Å². The van der Waals surface area contributed by atoms with Crippen LogP contribution in [0.1, 0.15) is 25.8 Å². The predicted octanol–water partition coefficient (Wildman–Crippen LogP) is 2.50. The van der Waals surface area contributed by atoms with Crippen molar-refractivity contribution < 1.29 is 4.39 Å². The molecule has 1 aliphatic heterocycles. The second-order valence-electron chi connectivity index (χ2n) is 4.80. The molecule has 0 radical (unpaired) electrons. The van der Waals surface area contributed by atoms with Crippen molar-refractivity contribution in [2.24, 2.45) is 4.99 Å². The Morgan fingerprint density at radius 3 is 2.75 bits per heavy atom. The molecule has 1 aliphatic rings. The van der Waals surface area contributed by atoms with Crippen LogP contribution in [-0.4, -0.2) is 18.9 Å². The zero-order valence-corrected chi connectivity index (χ0v) is 9.76. The lowest BCUT2D eigenvalue weighted by atomic mass is 9.81. The van der Waals surface area contributed by atoms with Crippen LogP contribution in [0.5, 0.6) is 0 Å². The van der Waals surface area contributed by atoms with E-state index in [4.69, 9.17) is 0 Å². The average Bonchev–Trinajstić information content (AvgIpc) is 2.70. The van der Waals surface area contributed by atoms with Gasteiger partial charge >= 0.3 is 0 Å². The molecule has 2 rings (SSSR count). The highest BCUT2D eigenvalue weighted by Gasteiger charge is 2.26. The molecule has 1 aromatic carbocycles. The van der Waals surface area contributed by atoms with Crippen LogP contribution in [0.15, 0.2) is 29.3 Å². The normalized spacial score (nSPS) is 15.8. The Hall–Kier alpha value is -1.38. The topological polar surface area (TPSA) is 24.4 Å². The lowest BCUT2D eigenvalue weighted by Gasteiger charge is -2.25. The van der Waals surface area contributed by atoms with Gasteiger partial charge < -0.3 is 5.32 Å². The van der Waals surface area contributed by atoms with Gasteiger partial charge in [0.05, 0.1) is 12.4 Å². The summed E-state index contributed by atoms with van der Waals surface area (Å²) in [6, 6.07) is 6.97. The molecule has 0 spiro atoms. The molecule has 1 aromatic rings. The molecule has 16 heavy (non-hydrogen) atoms. The Kier molecular flexibility index (Phi) is 2.95. The fourth-order valence-electron chi connectivity index (χ4n) is 2.09. The SMILES string of the molecule is CC(C)(CC1=NCCN1)c1ccccc1F. The van der Waals surface area contributed by atoms with Gasteiger partial charge in [0, 0.05) is 13.0 Å². The highest BCUT2D eigenvalue weighted by molar-refractivity contribution is 5.84. The van der Waals surface area contributed by atoms with Gasteiger partial charge in [-0.2, -0.15) is 0 Å². The molecule has 86 valence electrons. The number of hydrogen-bond acceptors (Lipinski definition) is 2. The third kappa shape index (κ3) is 2.23. The third-order valence-corrected chi connectivity index (χ3v) is 2.96. The summed E-state index contributed by atoms with van der Waals surface area (Å²) < 4.78 is 13.7. The molecule has 0 amide bonds. The largest absolute Gasteiger partial charge is 0.372 e. The predicted molar refractivity (Wildman–Crippen MR) is 64.3 cm³/mol. The van der Waals surface area contributed by atoms with Crippen molar-refractivity contribution in [3.63, 3.8) is 0 Å². The Morgan fingerprint density at radius 1 is 1.38 bits per heavy atom. The fraction of sp³-hybridized carbons (Fsp3) is 0.462. The van der Waals surface area contributed by atoms with Gasteiger partial charge in [0.1, 0.15) is 5.82 Å². The Morgan fingerprint density at radius 2 is 2.12 bits per heavy atom. The van der Waals surface area contributed by atoms with Gasteiger partial charge in [-0.1, -0.05) is 32.0 Å². The molecule has 1 heterocycles. The zero-order valence-electron chi connectivity index (χ0n) is 9.76. The van der Waals surface area contributed by atoms with Crippen molar-refractivity contribution in [1.29, 1.82) is 0 Å². The highest BCUT2D eigenvalue weighted by Crippen LogP contribution is 2.29. The van der Waals surface area contributed by atoms with Crippen LogP contribution in [0.4, 0.5) is 4.39 Å². The first-order chi connectivity index (χ1) is 7.59. The van der Waals surface area contributed by atoms with E-state index in [1.807, 2.05) is 26.0 Å². The first kappa shape index (κ1) is 11.1. The molecular formula is C13H17FN2. The summed E-state index contributed by atoms with van der Waals surface area (Å²) in [5.74, 6) is 0.861. The van der Waals surface area contributed by atoms with Crippen molar-refractivity contribution in [1.82, 2.24) is 5.32 Å². The third-order valence-electron chi connectivity index (χ3n) is 2.96. The Bertz CT molecular complexity index is 410. The van der Waals surface area contributed by atoms with E-state index < -0.39 is 0 Å². The molecule has 0 aliphatic carbocycles. The molecular weight excluding hydrogens is 203 g/mol. The van der Waals surface area contributed by atoms with Gasteiger partial charge in [-0.05, 0) is 17.0 Å². The van der Waals surface area contributed by atoms with E-state index in [0.717, 1.165) is 30.9 Å². The second-order valence-corrected chi connectivity index (χ2v) is 4.80. The van der Waals surface area contributed by atoms with Crippen LogP contribution < -0.4 is 5.32 Å². The van der Waals surface area contributed by atoms with E-state index in [0.29, 0.717) is 0 Å². The molecule has 0 bridgehead atoms. The summed E-state index contributed by atoms with van der Waals surface area (Å²) in [5, 5.41) is 3.23. The number of nitrogens with one attached hydrogen (secondary N) is 1. The number of halogens is 1. The van der Waals surface area contributed by atoms with Gasteiger partial charge in [-0.15, -0.1) is 0 Å². The monoisotopic (exact) mass is 220 g/mol. The first-order valence-corrected chi connectivity index (χ1v) is 5.62. The highest BCUT2D eigenvalue weighted by atomic mass is 19.1. The minimum absolute atomic E-state index is 0.133. The molecule has 0 atom stereocenters. The molecule has 0 fully saturated rings. The number of nitrogens with zero attached hydrogens (tertiary/aromatic N) is 1. The molecule has 0 unspecified atom stereocenters. The second kappa shape index (κ2) is 4.24. The van der Waals surface area contributed by atoms with Crippen molar-refractivity contribution in [3.8, 4) is 0 Å². The van der Waals surface area contributed by atoms with E-state index in [1.54, 1.807) is 6.07 Å². The molecule has 0 saturated heterocycles. The van der Waals surface area contributed by atoms with E-state index in [-0.39, 0.29) is 11.2 Å². The summed E-state index contributed by atoms with van der Waals surface area (Å²) in [6.45, 7) is 5.84. The zero-order chi connectivity index (χ0) is 11.6. The van der Waals surface area contributed by atoms with Gasteiger partial charge in [0.2, 0.25) is 0 Å². The van der Waals surface area contributed by atoms with Crippen LogP contribution in [0.3, 0.4) is 0 Å². The van der Waals surface area contributed by atoms with Crippen molar-refractivity contribution in [3.05, 3.63) is 35.6 Å². The molecule has 0 aromatic heterocycles. The maximum Gasteiger partial charge on any atom is 0.126 e. The van der Waals surface area contributed by atoms with Gasteiger partial charge in [-0.3, -0.25) is 4.99 Å².